The van der Waals surface area contributed by atoms with E-state index in [2.05, 4.69) is 17.3 Å². The van der Waals surface area contributed by atoms with Gasteiger partial charge in [0.05, 0.1) is 6.20 Å². The average Bonchev–Trinajstić information content (AvgIpc) is 2.87. The first-order valence-electron chi connectivity index (χ1n) is 7.06. The van der Waals surface area contributed by atoms with Gasteiger partial charge >= 0.3 is 0 Å². The highest BCUT2D eigenvalue weighted by molar-refractivity contribution is 5.20. The molecule has 114 valence electrons. The maximum atomic E-state index is 12.9. The predicted molar refractivity (Wildman–Crippen MR) is 80.5 cm³/mol. The van der Waals surface area contributed by atoms with Crippen LogP contribution in [0.2, 0.25) is 0 Å². The lowest BCUT2D eigenvalue weighted by molar-refractivity contribution is 0.0568. The second-order valence-electron chi connectivity index (χ2n) is 5.76. The summed E-state index contributed by atoms with van der Waals surface area (Å²) >= 11 is 0. The second kappa shape index (κ2) is 6.37. The van der Waals surface area contributed by atoms with Crippen molar-refractivity contribution < 1.29 is 9.50 Å². The Balaban J connectivity index is 1.87. The number of benzene rings is 1. The Bertz CT molecular complexity index is 577. The summed E-state index contributed by atoms with van der Waals surface area (Å²) in [5, 5.41) is 17.8. The number of aromatic nitrogens is 2. The molecule has 0 radical (unpaired) electrons. The van der Waals surface area contributed by atoms with Crippen molar-refractivity contribution in [1.29, 1.82) is 0 Å². The number of hydrogen-bond donors (Lipinski definition) is 2. The molecule has 21 heavy (non-hydrogen) atoms. The minimum absolute atomic E-state index is 0.224. The average molecular weight is 291 g/mol. The van der Waals surface area contributed by atoms with Gasteiger partial charge in [-0.05, 0) is 30.5 Å². The number of nitrogens with one attached hydrogen (secondary N) is 1. The maximum Gasteiger partial charge on any atom is 0.123 e. The normalized spacial score (nSPS) is 15.7. The summed E-state index contributed by atoms with van der Waals surface area (Å²) < 4.78 is 14.6. The summed E-state index contributed by atoms with van der Waals surface area (Å²) in [6, 6.07) is 6.52. The van der Waals surface area contributed by atoms with E-state index in [0.717, 1.165) is 11.1 Å². The lowest BCUT2D eigenvalue weighted by Gasteiger charge is -2.23. The van der Waals surface area contributed by atoms with Crippen LogP contribution in [-0.2, 0) is 12.6 Å². The summed E-state index contributed by atoms with van der Waals surface area (Å²) in [4.78, 5) is 0. The monoisotopic (exact) mass is 291 g/mol. The van der Waals surface area contributed by atoms with Gasteiger partial charge in [-0.2, -0.15) is 5.10 Å². The Morgan fingerprint density at radius 2 is 2.05 bits per heavy atom. The lowest BCUT2D eigenvalue weighted by atomic mass is 9.98. The summed E-state index contributed by atoms with van der Waals surface area (Å²) in [6.45, 7) is 4.98. The molecule has 4 nitrogen and oxygen atoms in total. The van der Waals surface area contributed by atoms with Crippen molar-refractivity contribution >= 4 is 0 Å². The number of aliphatic hydroxyl groups is 1. The minimum Gasteiger partial charge on any atom is -0.384 e. The molecule has 0 saturated carbocycles. The van der Waals surface area contributed by atoms with Crippen LogP contribution in [-0.4, -0.2) is 28.0 Å². The third-order valence-corrected chi connectivity index (χ3v) is 3.69. The van der Waals surface area contributed by atoms with E-state index in [1.807, 2.05) is 13.2 Å². The van der Waals surface area contributed by atoms with Crippen LogP contribution in [0, 0.1) is 5.82 Å². The number of hydrogen-bond acceptors (Lipinski definition) is 3. The Kier molecular flexibility index (Phi) is 4.75. The van der Waals surface area contributed by atoms with E-state index in [1.165, 1.54) is 12.1 Å². The largest absolute Gasteiger partial charge is 0.384 e. The smallest absolute Gasteiger partial charge is 0.123 e. The lowest BCUT2D eigenvalue weighted by Crippen LogP contribution is -2.36. The molecule has 1 aromatic carbocycles. The second-order valence-corrected chi connectivity index (χ2v) is 5.76. The first kappa shape index (κ1) is 15.7. The zero-order valence-electron chi connectivity index (χ0n) is 12.7. The third kappa shape index (κ3) is 4.12. The Morgan fingerprint density at radius 1 is 1.38 bits per heavy atom. The van der Waals surface area contributed by atoms with E-state index in [9.17, 15) is 9.50 Å². The number of halogens is 1. The van der Waals surface area contributed by atoms with Crippen LogP contribution in [0.5, 0.6) is 0 Å². The molecular formula is C16H22FN3O. The molecule has 0 aliphatic carbocycles. The number of aryl methyl sites for hydroxylation is 1. The fourth-order valence-electron chi connectivity index (χ4n) is 2.24. The minimum atomic E-state index is -0.962. The van der Waals surface area contributed by atoms with E-state index in [4.69, 9.17) is 0 Å². The Hall–Kier alpha value is -1.72. The van der Waals surface area contributed by atoms with Crippen molar-refractivity contribution in [2.75, 3.05) is 13.1 Å². The zero-order valence-corrected chi connectivity index (χ0v) is 12.7. The standard InChI is InChI=1S/C16H22FN3O/c1-12(13-4-6-15(17)7-5-13)8-18-11-16(2,21)14-9-19-20(3)10-14/h4-7,9-10,12,18,21H,8,11H2,1-3H3/t12-,16-/m1/s1. The van der Waals surface area contributed by atoms with Crippen molar-refractivity contribution in [2.45, 2.75) is 25.4 Å². The Morgan fingerprint density at radius 3 is 2.62 bits per heavy atom. The van der Waals surface area contributed by atoms with Crippen LogP contribution < -0.4 is 5.32 Å². The molecule has 0 aliphatic heterocycles. The summed E-state index contributed by atoms with van der Waals surface area (Å²) in [5.41, 5.74) is 0.897. The van der Waals surface area contributed by atoms with Gasteiger partial charge in [-0.15, -0.1) is 0 Å². The van der Waals surface area contributed by atoms with Gasteiger partial charge in [0.2, 0.25) is 0 Å². The molecular weight excluding hydrogens is 269 g/mol. The molecule has 0 aliphatic rings. The third-order valence-electron chi connectivity index (χ3n) is 3.69. The highest BCUT2D eigenvalue weighted by Crippen LogP contribution is 2.19. The van der Waals surface area contributed by atoms with Crippen molar-refractivity contribution in [3.63, 3.8) is 0 Å². The Labute approximate surface area is 124 Å². The molecule has 0 fully saturated rings. The molecule has 1 aromatic heterocycles. The molecule has 0 spiro atoms. The summed E-state index contributed by atoms with van der Waals surface area (Å²) in [5.74, 6) is 0.0220. The summed E-state index contributed by atoms with van der Waals surface area (Å²) in [7, 11) is 1.82. The van der Waals surface area contributed by atoms with Crippen LogP contribution in [0.3, 0.4) is 0 Å². The number of rotatable bonds is 6. The van der Waals surface area contributed by atoms with Crippen molar-refractivity contribution in [3.8, 4) is 0 Å². The molecule has 2 rings (SSSR count). The molecule has 2 N–H and O–H groups in total. The highest BCUT2D eigenvalue weighted by atomic mass is 19.1. The van der Waals surface area contributed by atoms with Crippen molar-refractivity contribution in [2.24, 2.45) is 7.05 Å². The molecule has 0 amide bonds. The van der Waals surface area contributed by atoms with E-state index >= 15 is 0 Å². The van der Waals surface area contributed by atoms with Gasteiger partial charge in [-0.1, -0.05) is 19.1 Å². The molecule has 0 unspecified atom stereocenters. The van der Waals surface area contributed by atoms with Crippen LogP contribution in [0.1, 0.15) is 30.9 Å². The van der Waals surface area contributed by atoms with Gasteiger partial charge in [0.25, 0.3) is 0 Å². The first-order valence-corrected chi connectivity index (χ1v) is 7.06. The van der Waals surface area contributed by atoms with E-state index in [1.54, 1.807) is 29.9 Å². The van der Waals surface area contributed by atoms with Crippen LogP contribution in [0.15, 0.2) is 36.7 Å². The number of nitrogens with zero attached hydrogens (tertiary/aromatic N) is 2. The van der Waals surface area contributed by atoms with E-state index in [-0.39, 0.29) is 11.7 Å². The first-order chi connectivity index (χ1) is 9.88. The van der Waals surface area contributed by atoms with E-state index < -0.39 is 5.60 Å². The molecule has 1 heterocycles. The molecule has 5 heteroatoms. The van der Waals surface area contributed by atoms with E-state index in [0.29, 0.717) is 13.1 Å². The topological polar surface area (TPSA) is 50.1 Å². The molecule has 0 saturated heterocycles. The predicted octanol–water partition coefficient (Wildman–Crippen LogP) is 2.16. The van der Waals surface area contributed by atoms with Crippen LogP contribution >= 0.6 is 0 Å². The van der Waals surface area contributed by atoms with Crippen molar-refractivity contribution in [1.82, 2.24) is 15.1 Å². The molecule has 2 aromatic rings. The molecule has 2 atom stereocenters. The van der Waals surface area contributed by atoms with Gasteiger partial charge in [0.15, 0.2) is 0 Å². The fourth-order valence-corrected chi connectivity index (χ4v) is 2.24. The zero-order chi connectivity index (χ0) is 15.5. The van der Waals surface area contributed by atoms with Crippen molar-refractivity contribution in [3.05, 3.63) is 53.6 Å². The van der Waals surface area contributed by atoms with Gasteiger partial charge in [-0.25, -0.2) is 4.39 Å². The highest BCUT2D eigenvalue weighted by Gasteiger charge is 2.24. The SMILES string of the molecule is C[C@H](CNC[C@@](C)(O)c1cnn(C)c1)c1ccc(F)cc1. The summed E-state index contributed by atoms with van der Waals surface area (Å²) in [6.07, 6.45) is 3.48. The van der Waals surface area contributed by atoms with Gasteiger partial charge in [0, 0.05) is 31.9 Å². The van der Waals surface area contributed by atoms with Gasteiger partial charge in [-0.3, -0.25) is 4.68 Å². The van der Waals surface area contributed by atoms with Crippen LogP contribution in [0.25, 0.3) is 0 Å². The fraction of sp³-hybridized carbons (Fsp3) is 0.438. The van der Waals surface area contributed by atoms with Gasteiger partial charge in [0.1, 0.15) is 11.4 Å². The van der Waals surface area contributed by atoms with Crippen LogP contribution in [0.4, 0.5) is 4.39 Å². The molecule has 0 bridgehead atoms. The maximum absolute atomic E-state index is 12.9. The van der Waals surface area contributed by atoms with Gasteiger partial charge < -0.3 is 10.4 Å². The quantitative estimate of drug-likeness (QED) is 0.857.